The Kier molecular flexibility index (Phi) is 2.18. The first-order valence-corrected chi connectivity index (χ1v) is 5.30. The summed E-state index contributed by atoms with van der Waals surface area (Å²) in [6, 6.07) is 3.47. The summed E-state index contributed by atoms with van der Waals surface area (Å²) < 4.78 is 7.45. The standard InChI is InChI=1S/C11H11N3O2/c15-7-8-3-4-14-10(6-8)12-13-11(14)9-2-1-5-16-9/h3-4,6-7,9H,1-2,5H2. The quantitative estimate of drug-likeness (QED) is 0.713. The summed E-state index contributed by atoms with van der Waals surface area (Å²) in [7, 11) is 0. The number of hydrogen-bond donors (Lipinski definition) is 0. The first-order chi connectivity index (χ1) is 7.88. The van der Waals surface area contributed by atoms with Crippen molar-refractivity contribution < 1.29 is 9.53 Å². The number of ether oxygens (including phenoxy) is 1. The molecule has 0 radical (unpaired) electrons. The Balaban J connectivity index is 2.09. The topological polar surface area (TPSA) is 56.5 Å². The summed E-state index contributed by atoms with van der Waals surface area (Å²) in [5.74, 6) is 0.824. The molecule has 0 amide bonds. The lowest BCUT2D eigenvalue weighted by Crippen LogP contribution is -2.02. The van der Waals surface area contributed by atoms with Gasteiger partial charge >= 0.3 is 0 Å². The van der Waals surface area contributed by atoms with E-state index in [1.807, 2.05) is 10.6 Å². The fourth-order valence-electron chi connectivity index (χ4n) is 2.00. The van der Waals surface area contributed by atoms with Gasteiger partial charge in [0, 0.05) is 18.4 Å². The first-order valence-electron chi connectivity index (χ1n) is 5.30. The lowest BCUT2D eigenvalue weighted by atomic mass is 10.2. The SMILES string of the molecule is O=Cc1ccn2c(C3CCCO3)nnc2c1. The molecule has 0 aromatic carbocycles. The highest BCUT2D eigenvalue weighted by Gasteiger charge is 2.22. The van der Waals surface area contributed by atoms with Crippen LogP contribution in [-0.2, 0) is 4.74 Å². The van der Waals surface area contributed by atoms with Gasteiger partial charge in [0.1, 0.15) is 12.4 Å². The smallest absolute Gasteiger partial charge is 0.166 e. The number of hydrogen-bond acceptors (Lipinski definition) is 4. The molecule has 16 heavy (non-hydrogen) atoms. The molecule has 2 aromatic rings. The van der Waals surface area contributed by atoms with Crippen molar-refractivity contribution in [2.24, 2.45) is 0 Å². The van der Waals surface area contributed by atoms with Crippen LogP contribution in [0.3, 0.4) is 0 Å². The van der Waals surface area contributed by atoms with Gasteiger partial charge in [-0.2, -0.15) is 0 Å². The second-order valence-electron chi connectivity index (χ2n) is 3.87. The molecule has 1 fully saturated rings. The van der Waals surface area contributed by atoms with Gasteiger partial charge in [-0.05, 0) is 25.0 Å². The molecule has 1 atom stereocenters. The maximum absolute atomic E-state index is 10.6. The van der Waals surface area contributed by atoms with Gasteiger partial charge in [0.25, 0.3) is 0 Å². The predicted molar refractivity (Wildman–Crippen MR) is 56.3 cm³/mol. The highest BCUT2D eigenvalue weighted by Crippen LogP contribution is 2.27. The molecule has 1 saturated heterocycles. The Morgan fingerprint density at radius 1 is 1.50 bits per heavy atom. The van der Waals surface area contributed by atoms with Crippen LogP contribution < -0.4 is 0 Å². The second kappa shape index (κ2) is 3.68. The van der Waals surface area contributed by atoms with E-state index in [9.17, 15) is 4.79 Å². The molecule has 1 unspecified atom stereocenters. The predicted octanol–water partition coefficient (Wildman–Crippen LogP) is 1.39. The van der Waals surface area contributed by atoms with Gasteiger partial charge < -0.3 is 4.74 Å². The van der Waals surface area contributed by atoms with Crippen molar-refractivity contribution in [2.45, 2.75) is 18.9 Å². The van der Waals surface area contributed by atoms with E-state index in [0.29, 0.717) is 11.2 Å². The maximum atomic E-state index is 10.6. The average molecular weight is 217 g/mol. The van der Waals surface area contributed by atoms with E-state index in [4.69, 9.17) is 4.74 Å². The van der Waals surface area contributed by atoms with Crippen molar-refractivity contribution in [3.05, 3.63) is 29.7 Å². The summed E-state index contributed by atoms with van der Waals surface area (Å²) in [5.41, 5.74) is 1.30. The number of nitrogens with zero attached hydrogens (tertiary/aromatic N) is 3. The number of aldehydes is 1. The van der Waals surface area contributed by atoms with E-state index < -0.39 is 0 Å². The number of carbonyl (C=O) groups is 1. The van der Waals surface area contributed by atoms with Crippen molar-refractivity contribution in [3.63, 3.8) is 0 Å². The number of pyridine rings is 1. The molecular weight excluding hydrogens is 206 g/mol. The molecule has 5 nitrogen and oxygen atoms in total. The monoisotopic (exact) mass is 217 g/mol. The second-order valence-corrected chi connectivity index (χ2v) is 3.87. The van der Waals surface area contributed by atoms with Crippen LogP contribution in [-0.4, -0.2) is 27.5 Å². The van der Waals surface area contributed by atoms with Gasteiger partial charge in [0.2, 0.25) is 0 Å². The Morgan fingerprint density at radius 2 is 2.44 bits per heavy atom. The van der Waals surface area contributed by atoms with Gasteiger partial charge in [-0.25, -0.2) is 0 Å². The highest BCUT2D eigenvalue weighted by molar-refractivity contribution is 5.76. The molecule has 2 aromatic heterocycles. The highest BCUT2D eigenvalue weighted by atomic mass is 16.5. The number of aromatic nitrogens is 3. The van der Waals surface area contributed by atoms with Crippen LogP contribution in [0.25, 0.3) is 5.65 Å². The van der Waals surface area contributed by atoms with E-state index in [1.54, 1.807) is 12.1 Å². The Morgan fingerprint density at radius 3 is 3.19 bits per heavy atom. The maximum Gasteiger partial charge on any atom is 0.166 e. The van der Waals surface area contributed by atoms with Gasteiger partial charge in [0.15, 0.2) is 11.5 Å². The number of rotatable bonds is 2. The summed E-state index contributed by atoms with van der Waals surface area (Å²) >= 11 is 0. The lowest BCUT2D eigenvalue weighted by Gasteiger charge is -2.06. The molecule has 0 aliphatic carbocycles. The van der Waals surface area contributed by atoms with Crippen LogP contribution in [0.15, 0.2) is 18.3 Å². The third-order valence-electron chi connectivity index (χ3n) is 2.81. The van der Waals surface area contributed by atoms with Crippen LogP contribution >= 0.6 is 0 Å². The zero-order chi connectivity index (χ0) is 11.0. The molecule has 82 valence electrons. The molecule has 0 bridgehead atoms. The van der Waals surface area contributed by atoms with Gasteiger partial charge in [0.05, 0.1) is 0 Å². The Labute approximate surface area is 92.1 Å². The molecule has 1 aliphatic heterocycles. The van der Waals surface area contributed by atoms with Crippen molar-refractivity contribution >= 4 is 11.9 Å². The third-order valence-corrected chi connectivity index (χ3v) is 2.81. The van der Waals surface area contributed by atoms with Crippen LogP contribution in [0.5, 0.6) is 0 Å². The van der Waals surface area contributed by atoms with Crippen molar-refractivity contribution in [1.29, 1.82) is 0 Å². The van der Waals surface area contributed by atoms with Crippen LogP contribution in [0.2, 0.25) is 0 Å². The van der Waals surface area contributed by atoms with Crippen molar-refractivity contribution in [2.75, 3.05) is 6.61 Å². The third kappa shape index (κ3) is 1.40. The summed E-state index contributed by atoms with van der Waals surface area (Å²) in [6.07, 6.45) is 4.70. The zero-order valence-corrected chi connectivity index (χ0v) is 8.67. The molecule has 0 spiro atoms. The first kappa shape index (κ1) is 9.47. The molecule has 0 N–H and O–H groups in total. The van der Waals surface area contributed by atoms with E-state index in [-0.39, 0.29) is 6.10 Å². The van der Waals surface area contributed by atoms with Gasteiger partial charge in [-0.15, -0.1) is 10.2 Å². The molecular formula is C11H11N3O2. The van der Waals surface area contributed by atoms with Crippen LogP contribution in [0, 0.1) is 0 Å². The Hall–Kier alpha value is -1.75. The molecule has 3 heterocycles. The molecule has 5 heteroatoms. The number of carbonyl (C=O) groups excluding carboxylic acids is 1. The van der Waals surface area contributed by atoms with E-state index in [2.05, 4.69) is 10.2 Å². The minimum absolute atomic E-state index is 0.0390. The van der Waals surface area contributed by atoms with E-state index in [1.165, 1.54) is 0 Å². The molecule has 0 saturated carbocycles. The van der Waals surface area contributed by atoms with Crippen LogP contribution in [0.1, 0.15) is 35.1 Å². The Bertz CT molecular complexity index is 529. The average Bonchev–Trinajstić information content (AvgIpc) is 2.96. The minimum atomic E-state index is 0.0390. The van der Waals surface area contributed by atoms with Gasteiger partial charge in [-0.3, -0.25) is 9.20 Å². The van der Waals surface area contributed by atoms with E-state index >= 15 is 0 Å². The largest absolute Gasteiger partial charge is 0.370 e. The fourth-order valence-corrected chi connectivity index (χ4v) is 2.00. The summed E-state index contributed by atoms with van der Waals surface area (Å²) in [4.78, 5) is 10.6. The zero-order valence-electron chi connectivity index (χ0n) is 8.67. The summed E-state index contributed by atoms with van der Waals surface area (Å²) in [6.45, 7) is 0.784. The van der Waals surface area contributed by atoms with Crippen LogP contribution in [0.4, 0.5) is 0 Å². The van der Waals surface area contributed by atoms with Gasteiger partial charge in [-0.1, -0.05) is 0 Å². The van der Waals surface area contributed by atoms with E-state index in [0.717, 1.165) is 31.6 Å². The molecule has 3 rings (SSSR count). The van der Waals surface area contributed by atoms with Crippen molar-refractivity contribution in [1.82, 2.24) is 14.6 Å². The molecule has 1 aliphatic rings. The number of fused-ring (bicyclic) bond motifs is 1. The van der Waals surface area contributed by atoms with Crippen molar-refractivity contribution in [3.8, 4) is 0 Å². The normalized spacial score (nSPS) is 20.4. The summed E-state index contributed by atoms with van der Waals surface area (Å²) in [5, 5.41) is 8.17. The minimum Gasteiger partial charge on any atom is -0.370 e. The lowest BCUT2D eigenvalue weighted by molar-refractivity contribution is 0.104. The fraction of sp³-hybridized carbons (Fsp3) is 0.364.